The van der Waals surface area contributed by atoms with E-state index in [4.69, 9.17) is 6.15 Å². The molecule has 0 aliphatic rings. The first-order valence-electron chi connectivity index (χ1n) is 7.90. The van der Waals surface area contributed by atoms with Crippen LogP contribution in [0.4, 0.5) is 26.3 Å². The molecular weight excluding hydrogens is 433 g/mol. The van der Waals surface area contributed by atoms with Gasteiger partial charge in [0.25, 0.3) is 0 Å². The molecule has 0 aromatic carbocycles. The Balaban J connectivity index is 6.15. The van der Waals surface area contributed by atoms with E-state index in [1.165, 1.54) is 13.8 Å². The van der Waals surface area contributed by atoms with Crippen molar-refractivity contribution in [1.29, 1.82) is 0 Å². The minimum absolute atomic E-state index is 0.159. The quantitative estimate of drug-likeness (QED) is 0.298. The Bertz CT molecular complexity index is 311. The van der Waals surface area contributed by atoms with Gasteiger partial charge in [0.2, 0.25) is 0 Å². The molecule has 0 fully saturated rings. The van der Waals surface area contributed by atoms with Gasteiger partial charge in [-0.05, 0) is 0 Å². The van der Waals surface area contributed by atoms with E-state index in [1.54, 1.807) is 0 Å². The molecule has 0 bridgehead atoms. The SMILES string of the molecule is CCC[O][Sn]([O]CCC)([C](F)(F)C(F)CC)[C](F)(F)C(F)CC. The van der Waals surface area contributed by atoms with Crippen molar-refractivity contribution >= 4 is 19.2 Å². The van der Waals surface area contributed by atoms with Crippen LogP contribution < -0.4 is 0 Å². The van der Waals surface area contributed by atoms with Crippen molar-refractivity contribution in [2.75, 3.05) is 13.2 Å². The standard InChI is InChI=1S/2C4H6F3.2C3H7O.Sn/c2*1-2-3(5)4(6)7;2*1-2-3-4;/h2*3H,2H2,1H3;2*2-3H2,1H3;/q;;2*-1;+2. The van der Waals surface area contributed by atoms with E-state index < -0.39 is 65.5 Å². The first-order valence-corrected chi connectivity index (χ1v) is 13.1. The van der Waals surface area contributed by atoms with Crippen molar-refractivity contribution in [3.05, 3.63) is 0 Å². The van der Waals surface area contributed by atoms with Crippen LogP contribution in [0.3, 0.4) is 0 Å². The predicted molar refractivity (Wildman–Crippen MR) is 78.5 cm³/mol. The number of alkyl halides is 6. The summed E-state index contributed by atoms with van der Waals surface area (Å²) < 4.78 is 86.8. The van der Waals surface area contributed by atoms with Gasteiger partial charge in [-0.1, -0.05) is 0 Å². The van der Waals surface area contributed by atoms with E-state index >= 15 is 0 Å². The number of hydrogen-bond donors (Lipinski definition) is 0. The van der Waals surface area contributed by atoms with Crippen molar-refractivity contribution in [3.8, 4) is 0 Å². The van der Waals surface area contributed by atoms with E-state index in [-0.39, 0.29) is 12.8 Å². The molecule has 0 saturated heterocycles. The minimum atomic E-state index is -6.85. The summed E-state index contributed by atoms with van der Waals surface area (Å²) in [6.07, 6.45) is -6.77. The van der Waals surface area contributed by atoms with Gasteiger partial charge in [-0.15, -0.1) is 0 Å². The summed E-state index contributed by atoms with van der Waals surface area (Å²) >= 11 is -6.85. The molecule has 0 aromatic heterocycles. The fourth-order valence-electron chi connectivity index (χ4n) is 2.07. The molecule has 0 aliphatic carbocycles. The van der Waals surface area contributed by atoms with Gasteiger partial charge in [0.1, 0.15) is 0 Å². The molecular formula is C14H26F6O2Sn. The van der Waals surface area contributed by atoms with Gasteiger partial charge in [-0.25, -0.2) is 0 Å². The second-order valence-corrected chi connectivity index (χ2v) is 14.3. The summed E-state index contributed by atoms with van der Waals surface area (Å²) in [6.45, 7) is 4.40. The van der Waals surface area contributed by atoms with E-state index in [0.29, 0.717) is 0 Å². The third kappa shape index (κ3) is 4.68. The molecule has 2 nitrogen and oxygen atoms in total. The third-order valence-electron chi connectivity index (χ3n) is 3.40. The monoisotopic (exact) mass is 460 g/mol. The zero-order valence-corrected chi connectivity index (χ0v) is 16.8. The first kappa shape index (κ1) is 23.3. The van der Waals surface area contributed by atoms with Gasteiger partial charge in [-0.3, -0.25) is 0 Å². The van der Waals surface area contributed by atoms with Gasteiger partial charge < -0.3 is 0 Å². The normalized spacial score (nSPS) is 16.4. The summed E-state index contributed by atoms with van der Waals surface area (Å²) in [7, 11) is 0. The van der Waals surface area contributed by atoms with Crippen LogP contribution in [0.1, 0.15) is 53.4 Å². The van der Waals surface area contributed by atoms with Crippen LogP contribution in [0, 0.1) is 0 Å². The molecule has 23 heavy (non-hydrogen) atoms. The maximum atomic E-state index is 14.6. The van der Waals surface area contributed by atoms with Gasteiger partial charge in [-0.2, -0.15) is 0 Å². The Hall–Kier alpha value is 0.299. The first-order chi connectivity index (χ1) is 10.6. The molecule has 0 rings (SSSR count). The predicted octanol–water partition coefficient (Wildman–Crippen LogP) is 5.13. The molecule has 0 aromatic rings. The van der Waals surface area contributed by atoms with E-state index in [2.05, 4.69) is 0 Å². The summed E-state index contributed by atoms with van der Waals surface area (Å²) in [5.74, 6) is 0. The van der Waals surface area contributed by atoms with Crippen LogP contribution in [0.15, 0.2) is 0 Å². The van der Waals surface area contributed by atoms with Crippen LogP contribution in [-0.4, -0.2) is 52.6 Å². The van der Waals surface area contributed by atoms with E-state index in [9.17, 15) is 26.3 Å². The Morgan fingerprint density at radius 3 is 1.26 bits per heavy atom. The second-order valence-electron chi connectivity index (χ2n) is 5.31. The maximum absolute atomic E-state index is 14.6. The number of rotatable bonds is 12. The molecule has 0 aliphatic heterocycles. The van der Waals surface area contributed by atoms with Crippen molar-refractivity contribution in [3.63, 3.8) is 0 Å². The molecule has 0 saturated carbocycles. The molecule has 0 N–H and O–H groups in total. The fourth-order valence-corrected chi connectivity index (χ4v) is 12.1. The fraction of sp³-hybridized carbons (Fsp3) is 1.00. The third-order valence-corrected chi connectivity index (χ3v) is 13.7. The number of hydrogen-bond acceptors (Lipinski definition) is 2. The Labute approximate surface area is 138 Å². The Morgan fingerprint density at radius 2 is 1.04 bits per heavy atom. The van der Waals surface area contributed by atoms with E-state index in [0.717, 1.165) is 13.8 Å². The summed E-state index contributed by atoms with van der Waals surface area (Å²) in [5, 5.41) is 0. The van der Waals surface area contributed by atoms with Gasteiger partial charge in [0, 0.05) is 0 Å². The molecule has 0 spiro atoms. The average molecular weight is 459 g/mol. The summed E-state index contributed by atoms with van der Waals surface area (Å²) in [4.78, 5) is 0. The van der Waals surface area contributed by atoms with Crippen molar-refractivity contribution in [2.45, 2.75) is 73.6 Å². The van der Waals surface area contributed by atoms with Crippen molar-refractivity contribution < 1.29 is 32.5 Å². The molecule has 0 heterocycles. The molecule has 0 radical (unpaired) electrons. The second kappa shape index (κ2) is 9.70. The Morgan fingerprint density at radius 1 is 0.739 bits per heavy atom. The van der Waals surface area contributed by atoms with Gasteiger partial charge >= 0.3 is 139 Å². The molecule has 0 amide bonds. The van der Waals surface area contributed by atoms with Gasteiger partial charge in [0.15, 0.2) is 0 Å². The zero-order valence-electron chi connectivity index (χ0n) is 14.0. The molecule has 9 heteroatoms. The van der Waals surface area contributed by atoms with Crippen LogP contribution in [0.25, 0.3) is 0 Å². The van der Waals surface area contributed by atoms with Crippen LogP contribution in [0.5, 0.6) is 0 Å². The van der Waals surface area contributed by atoms with Crippen molar-refractivity contribution in [1.82, 2.24) is 0 Å². The summed E-state index contributed by atoms with van der Waals surface area (Å²) in [5.41, 5.74) is 0. The van der Waals surface area contributed by atoms with E-state index in [1.807, 2.05) is 0 Å². The Kier molecular flexibility index (Phi) is 9.82. The van der Waals surface area contributed by atoms with Crippen molar-refractivity contribution in [2.24, 2.45) is 0 Å². The summed E-state index contributed by atoms with van der Waals surface area (Å²) in [6, 6.07) is 0. The molecule has 2 atom stereocenters. The van der Waals surface area contributed by atoms with Gasteiger partial charge in [0.05, 0.1) is 0 Å². The average Bonchev–Trinajstić information content (AvgIpc) is 2.52. The van der Waals surface area contributed by atoms with Crippen LogP contribution in [-0.2, 0) is 6.15 Å². The number of halogens is 6. The zero-order chi connectivity index (χ0) is 18.3. The molecule has 140 valence electrons. The topological polar surface area (TPSA) is 18.5 Å². The molecule has 2 unspecified atom stereocenters. The van der Waals surface area contributed by atoms with Crippen LogP contribution in [0.2, 0.25) is 0 Å². The van der Waals surface area contributed by atoms with Crippen LogP contribution >= 0.6 is 0 Å².